The molecule has 1 aromatic carbocycles. The molecule has 1 aromatic rings. The molecule has 1 rings (SSSR count). The molecule has 0 radical (unpaired) electrons. The summed E-state index contributed by atoms with van der Waals surface area (Å²) in [6, 6.07) is 5.12. The van der Waals surface area contributed by atoms with Crippen LogP contribution in [-0.4, -0.2) is 23.7 Å². The van der Waals surface area contributed by atoms with Crippen molar-refractivity contribution in [3.05, 3.63) is 33.8 Å². The highest BCUT2D eigenvalue weighted by Crippen LogP contribution is 2.24. The van der Waals surface area contributed by atoms with E-state index < -0.39 is 6.10 Å². The fourth-order valence-electron chi connectivity index (χ4n) is 1.38. The van der Waals surface area contributed by atoms with E-state index in [4.69, 9.17) is 23.2 Å². The summed E-state index contributed by atoms with van der Waals surface area (Å²) < 4.78 is 0. The second kappa shape index (κ2) is 6.98. The monoisotopic (exact) mass is 289 g/mol. The zero-order valence-electron chi connectivity index (χ0n) is 10.4. The number of benzene rings is 1. The van der Waals surface area contributed by atoms with E-state index in [1.165, 1.54) is 0 Å². The third kappa shape index (κ3) is 4.48. The number of amides is 1. The van der Waals surface area contributed by atoms with Crippen LogP contribution in [0.25, 0.3) is 0 Å². The first-order chi connectivity index (χ1) is 8.41. The highest BCUT2D eigenvalue weighted by molar-refractivity contribution is 6.36. The van der Waals surface area contributed by atoms with Gasteiger partial charge >= 0.3 is 0 Å². The minimum Gasteiger partial charge on any atom is -0.391 e. The molecule has 1 atom stereocenters. The van der Waals surface area contributed by atoms with Gasteiger partial charge in [-0.25, -0.2) is 0 Å². The zero-order valence-corrected chi connectivity index (χ0v) is 11.9. The van der Waals surface area contributed by atoms with Crippen LogP contribution in [0.5, 0.6) is 0 Å². The molecule has 0 aliphatic carbocycles. The number of rotatable bonds is 5. The van der Waals surface area contributed by atoms with Gasteiger partial charge in [-0.1, -0.05) is 43.1 Å². The van der Waals surface area contributed by atoms with Gasteiger partial charge in [-0.15, -0.1) is 0 Å². The van der Waals surface area contributed by atoms with Crippen LogP contribution in [0.3, 0.4) is 0 Å². The molecule has 0 aromatic heterocycles. The summed E-state index contributed by atoms with van der Waals surface area (Å²) in [4.78, 5) is 11.7. The van der Waals surface area contributed by atoms with Crippen LogP contribution in [0.1, 0.15) is 19.4 Å². The Morgan fingerprint density at radius 1 is 1.33 bits per heavy atom. The average molecular weight is 290 g/mol. The molecule has 0 saturated heterocycles. The maximum absolute atomic E-state index is 11.7. The van der Waals surface area contributed by atoms with Crippen molar-refractivity contribution in [3.63, 3.8) is 0 Å². The van der Waals surface area contributed by atoms with Gasteiger partial charge in [0.25, 0.3) is 0 Å². The summed E-state index contributed by atoms with van der Waals surface area (Å²) in [7, 11) is 0. The van der Waals surface area contributed by atoms with E-state index in [0.29, 0.717) is 15.6 Å². The Bertz CT molecular complexity index is 401. The summed E-state index contributed by atoms with van der Waals surface area (Å²) in [5.74, 6) is -0.0982. The second-order valence-electron chi connectivity index (χ2n) is 4.49. The molecular weight excluding hydrogens is 273 g/mol. The van der Waals surface area contributed by atoms with Gasteiger partial charge in [-0.3, -0.25) is 4.79 Å². The molecule has 0 heterocycles. The molecule has 0 aliphatic rings. The van der Waals surface area contributed by atoms with E-state index in [9.17, 15) is 9.90 Å². The Labute approximate surface area is 117 Å². The molecule has 1 amide bonds. The third-order valence-electron chi connectivity index (χ3n) is 2.68. The molecule has 0 saturated carbocycles. The van der Waals surface area contributed by atoms with Crippen molar-refractivity contribution in [1.82, 2.24) is 5.32 Å². The van der Waals surface area contributed by atoms with Gasteiger partial charge in [-0.2, -0.15) is 0 Å². The summed E-state index contributed by atoms with van der Waals surface area (Å²) in [5.41, 5.74) is 0.609. The topological polar surface area (TPSA) is 49.3 Å². The highest BCUT2D eigenvalue weighted by Gasteiger charge is 2.13. The zero-order chi connectivity index (χ0) is 13.7. The Hall–Kier alpha value is -0.770. The summed E-state index contributed by atoms with van der Waals surface area (Å²) in [6.45, 7) is 4.02. The number of hydrogen-bond acceptors (Lipinski definition) is 2. The lowest BCUT2D eigenvalue weighted by atomic mass is 10.1. The number of carbonyl (C=O) groups is 1. The number of aliphatic hydroxyl groups excluding tert-OH is 1. The van der Waals surface area contributed by atoms with Crippen LogP contribution < -0.4 is 5.32 Å². The predicted octanol–water partition coefficient (Wildman–Crippen LogP) is 2.67. The quantitative estimate of drug-likeness (QED) is 0.876. The molecule has 0 aliphatic heterocycles. The number of halogens is 2. The van der Waals surface area contributed by atoms with Crippen molar-refractivity contribution in [3.8, 4) is 0 Å². The molecule has 2 N–H and O–H groups in total. The summed E-state index contributed by atoms with van der Waals surface area (Å²) in [6.07, 6.45) is -0.431. The van der Waals surface area contributed by atoms with Gasteiger partial charge in [0.05, 0.1) is 12.5 Å². The minimum atomic E-state index is -0.546. The Morgan fingerprint density at radius 3 is 2.39 bits per heavy atom. The van der Waals surface area contributed by atoms with Crippen molar-refractivity contribution in [1.29, 1.82) is 0 Å². The smallest absolute Gasteiger partial charge is 0.224 e. The molecule has 100 valence electrons. The van der Waals surface area contributed by atoms with Crippen molar-refractivity contribution in [2.75, 3.05) is 6.54 Å². The van der Waals surface area contributed by atoms with Crippen LogP contribution in [0.2, 0.25) is 10.0 Å². The SMILES string of the molecule is CC(C)C(O)CNC(=O)Cc1c(Cl)cccc1Cl. The predicted molar refractivity (Wildman–Crippen MR) is 74.0 cm³/mol. The number of nitrogens with one attached hydrogen (secondary N) is 1. The van der Waals surface area contributed by atoms with Gasteiger partial charge in [0.1, 0.15) is 0 Å². The summed E-state index contributed by atoms with van der Waals surface area (Å²) in [5, 5.41) is 13.2. The van der Waals surface area contributed by atoms with Gasteiger partial charge in [0, 0.05) is 16.6 Å². The Morgan fingerprint density at radius 2 is 1.89 bits per heavy atom. The van der Waals surface area contributed by atoms with Crippen LogP contribution >= 0.6 is 23.2 Å². The van der Waals surface area contributed by atoms with Gasteiger partial charge < -0.3 is 10.4 Å². The first-order valence-corrected chi connectivity index (χ1v) is 6.55. The van der Waals surface area contributed by atoms with Crippen LogP contribution in [0, 0.1) is 5.92 Å². The number of aliphatic hydroxyl groups is 1. The molecule has 5 heteroatoms. The van der Waals surface area contributed by atoms with Crippen LogP contribution in [0.4, 0.5) is 0 Å². The molecule has 0 spiro atoms. The molecule has 1 unspecified atom stereocenters. The second-order valence-corrected chi connectivity index (χ2v) is 5.31. The summed E-state index contributed by atoms with van der Waals surface area (Å²) >= 11 is 11.9. The van der Waals surface area contributed by atoms with E-state index in [1.54, 1.807) is 18.2 Å². The van der Waals surface area contributed by atoms with Crippen LogP contribution in [-0.2, 0) is 11.2 Å². The van der Waals surface area contributed by atoms with E-state index in [0.717, 1.165) is 0 Å². The maximum atomic E-state index is 11.7. The van der Waals surface area contributed by atoms with E-state index in [2.05, 4.69) is 5.32 Å². The van der Waals surface area contributed by atoms with Gasteiger partial charge in [-0.05, 0) is 23.6 Å². The van der Waals surface area contributed by atoms with E-state index >= 15 is 0 Å². The largest absolute Gasteiger partial charge is 0.391 e. The lowest BCUT2D eigenvalue weighted by Crippen LogP contribution is -2.35. The van der Waals surface area contributed by atoms with Gasteiger partial charge in [0.15, 0.2) is 0 Å². The lowest BCUT2D eigenvalue weighted by molar-refractivity contribution is -0.121. The fraction of sp³-hybridized carbons (Fsp3) is 0.462. The fourth-order valence-corrected chi connectivity index (χ4v) is 1.91. The molecule has 0 fully saturated rings. The van der Waals surface area contributed by atoms with Crippen molar-refractivity contribution >= 4 is 29.1 Å². The Balaban J connectivity index is 2.55. The van der Waals surface area contributed by atoms with E-state index in [-0.39, 0.29) is 24.8 Å². The van der Waals surface area contributed by atoms with Crippen molar-refractivity contribution < 1.29 is 9.90 Å². The standard InChI is InChI=1S/C13H17Cl2NO2/c1-8(2)12(17)7-16-13(18)6-9-10(14)4-3-5-11(9)15/h3-5,8,12,17H,6-7H2,1-2H3,(H,16,18). The van der Waals surface area contributed by atoms with Gasteiger partial charge in [0.2, 0.25) is 5.91 Å². The first kappa shape index (κ1) is 15.3. The molecule has 3 nitrogen and oxygen atoms in total. The van der Waals surface area contributed by atoms with E-state index in [1.807, 2.05) is 13.8 Å². The highest BCUT2D eigenvalue weighted by atomic mass is 35.5. The number of carbonyl (C=O) groups excluding carboxylic acids is 1. The maximum Gasteiger partial charge on any atom is 0.224 e. The average Bonchev–Trinajstić information content (AvgIpc) is 2.30. The molecular formula is C13H17Cl2NO2. The lowest BCUT2D eigenvalue weighted by Gasteiger charge is -2.15. The van der Waals surface area contributed by atoms with Crippen LogP contribution in [0.15, 0.2) is 18.2 Å². The minimum absolute atomic E-state index is 0.106. The molecule has 0 bridgehead atoms. The number of hydrogen-bond donors (Lipinski definition) is 2. The first-order valence-electron chi connectivity index (χ1n) is 5.79. The van der Waals surface area contributed by atoms with Crippen molar-refractivity contribution in [2.45, 2.75) is 26.4 Å². The normalized spacial score (nSPS) is 12.6. The third-order valence-corrected chi connectivity index (χ3v) is 3.39. The van der Waals surface area contributed by atoms with Crippen molar-refractivity contribution in [2.24, 2.45) is 5.92 Å². The Kier molecular flexibility index (Phi) is 5.93. The molecule has 18 heavy (non-hydrogen) atoms.